The molecule has 0 aromatic heterocycles. The number of hydrogen-bond acceptors (Lipinski definition) is 23. The molecule has 116 heavy (non-hydrogen) atoms. The van der Waals surface area contributed by atoms with Gasteiger partial charge in [-0.2, -0.15) is 26.3 Å². The predicted octanol–water partition coefficient (Wildman–Crippen LogP) is -2.73. The van der Waals surface area contributed by atoms with E-state index in [1.54, 1.807) is 58.0 Å². The lowest BCUT2D eigenvalue weighted by Gasteiger charge is -2.33. The number of aliphatic hydroxyl groups excluding tert-OH is 4. The molecule has 12 amide bonds. The second kappa shape index (κ2) is 49.7. The number of halogens is 6. The number of nitrogens with one attached hydrogen (secondary N) is 11. The van der Waals surface area contributed by atoms with Crippen LogP contribution in [0.2, 0.25) is 0 Å². The Balaban J connectivity index is 0.00000437. The minimum absolute atomic E-state index is 0.00785. The zero-order valence-electron chi connectivity index (χ0n) is 65.4. The number of rotatable bonds is 27. The maximum atomic E-state index is 15.6. The van der Waals surface area contributed by atoms with Crippen molar-refractivity contribution in [3.05, 3.63) is 71.8 Å². The third-order valence-corrected chi connectivity index (χ3v) is 16.7. The van der Waals surface area contributed by atoms with Gasteiger partial charge in [0, 0.05) is 13.1 Å². The summed E-state index contributed by atoms with van der Waals surface area (Å²) in [5, 5.41) is 85.4. The van der Waals surface area contributed by atoms with Gasteiger partial charge < -0.3 is 122 Å². The lowest BCUT2D eigenvalue weighted by atomic mass is 9.88. The Labute approximate surface area is 663 Å². The monoisotopic (exact) mass is 1670 g/mol. The molecule has 25 N–H and O–H groups in total. The molecule has 2 aromatic rings. The highest BCUT2D eigenvalue weighted by Gasteiger charge is 2.45. The molecule has 1 unspecified atom stereocenters. The van der Waals surface area contributed by atoms with Gasteiger partial charge in [-0.25, -0.2) is 19.2 Å². The Morgan fingerprint density at radius 1 is 0.638 bits per heavy atom. The van der Waals surface area contributed by atoms with Gasteiger partial charge in [-0.3, -0.25) is 57.7 Å². The van der Waals surface area contributed by atoms with Crippen LogP contribution in [-0.2, 0) is 83.2 Å². The number of nitrogens with zero attached hydrogens (tertiary/aromatic N) is 1. The summed E-state index contributed by atoms with van der Waals surface area (Å²) in [5.41, 5.74) is 23.0. The van der Waals surface area contributed by atoms with Crippen LogP contribution < -0.4 is 81.4 Å². The first-order chi connectivity index (χ1) is 53.8. The number of primary amides is 1. The number of aliphatic imine (C=N–C) groups is 1. The smallest absolute Gasteiger partial charge is 0.475 e. The highest BCUT2D eigenvalue weighted by molar-refractivity contribution is 6.00. The van der Waals surface area contributed by atoms with E-state index in [2.05, 4.69) is 52.8 Å². The van der Waals surface area contributed by atoms with Crippen molar-refractivity contribution in [3.8, 4) is 0 Å². The average Bonchev–Trinajstić information content (AvgIpc) is 0.809. The van der Waals surface area contributed by atoms with Crippen molar-refractivity contribution in [2.45, 2.75) is 224 Å². The molecule has 652 valence electrons. The third-order valence-electron chi connectivity index (χ3n) is 16.7. The van der Waals surface area contributed by atoms with E-state index in [1.165, 1.54) is 44.2 Å². The number of aliphatic hydroxyl groups is 4. The lowest BCUT2D eigenvalue weighted by molar-refractivity contribution is -0.193. The van der Waals surface area contributed by atoms with Crippen LogP contribution in [0, 0.1) is 23.2 Å². The second-order valence-corrected chi connectivity index (χ2v) is 28.7. The normalized spacial score (nSPS) is 21.7. The van der Waals surface area contributed by atoms with Crippen LogP contribution in [0.25, 0.3) is 0 Å². The van der Waals surface area contributed by atoms with Gasteiger partial charge in [-0.15, -0.1) is 0 Å². The molecule has 1 aliphatic heterocycles. The molecule has 0 bridgehead atoms. The molecule has 0 aliphatic carbocycles. The molecule has 45 heteroatoms. The number of alkyl carbamates (subject to hydrolysis) is 1. The number of carboxylic acid groups (broad SMARTS) is 2. The Bertz CT molecular complexity index is 3610. The molecular formula is C71H108F6N16O23. The molecule has 3 rings (SSSR count). The lowest BCUT2D eigenvalue weighted by Crippen LogP contribution is -2.64. The van der Waals surface area contributed by atoms with Crippen molar-refractivity contribution in [2.75, 3.05) is 26.2 Å². The van der Waals surface area contributed by atoms with E-state index in [0.717, 1.165) is 12.5 Å². The number of carbonyl (C=O) groups excluding carboxylic acids is 13. The van der Waals surface area contributed by atoms with Crippen LogP contribution in [-0.4, -0.2) is 243 Å². The molecular weight excluding hydrogens is 1560 g/mol. The summed E-state index contributed by atoms with van der Waals surface area (Å²) < 4.78 is 74.8. The van der Waals surface area contributed by atoms with Gasteiger partial charge in [0.15, 0.2) is 24.2 Å². The first-order valence-electron chi connectivity index (χ1n) is 36.3. The molecule has 1 aliphatic rings. The number of carboxylic acids is 2. The summed E-state index contributed by atoms with van der Waals surface area (Å²) in [4.78, 5) is 207. The summed E-state index contributed by atoms with van der Waals surface area (Å²) in [6.45, 7) is 13.5. The summed E-state index contributed by atoms with van der Waals surface area (Å²) in [6, 6.07) is -2.61. The largest absolute Gasteiger partial charge is 0.490 e. The number of hydrogen-bond donors (Lipinski definition) is 21. The number of aliphatic carboxylic acids is 2. The fourth-order valence-electron chi connectivity index (χ4n) is 10.4. The standard InChI is InChI=1S/C67H106N16O19.2C2HF3O2/c1-11-36(6)46-60(95)81-47(37(7)85)59(94)74-31-45(86)79-49(52(88)54(69)89)62(97)78-44(32-84)64(99)102-53(39-23-16-13-17-24-39)50(83-57(92)41(75-55(90)40(68)30-67(8,9)10)25-18-19-27-73-66(100)101-33-38-21-14-12-15-22-38)63(98)82-48(51(87)35(4)5)61(96)77-43(29-34(2)3)58(93)76-42(56(91)80-46)26-20-28-72-65(70)71;2*3-2(4,5)1(6)7/h12-17,21-24,34-37,40-44,46-53,84-85,87-88H,11,18-20,25-33,68H2,1-10H3,(H2,69,89)(H,73,100)(H,74,94)(H,75,90)(H,76,93)(H,77,96)(H,78,97)(H,79,86)(H,80,91)(H,81,95)(H,82,98)(H,83,92)(H4,70,71,72);2*(H,6,7)/t36-,37-,40+,41-,42+,43-,44-,46?,47-,48-,49-,50-,51+,52-,53+;;/m0../s1. The highest BCUT2D eigenvalue weighted by Crippen LogP contribution is 2.26. The van der Waals surface area contributed by atoms with E-state index < -0.39 is 222 Å². The van der Waals surface area contributed by atoms with Crippen molar-refractivity contribution in [2.24, 2.45) is 51.1 Å². The number of unbranched alkanes of at least 4 members (excludes halogenated alkanes) is 1. The molecule has 1 saturated heterocycles. The van der Waals surface area contributed by atoms with Crippen molar-refractivity contribution in [3.63, 3.8) is 0 Å². The number of benzene rings is 2. The number of ether oxygens (including phenoxy) is 2. The molecule has 15 atom stereocenters. The Morgan fingerprint density at radius 3 is 1.65 bits per heavy atom. The Morgan fingerprint density at radius 2 is 1.15 bits per heavy atom. The first-order valence-corrected chi connectivity index (χ1v) is 36.3. The van der Waals surface area contributed by atoms with E-state index in [1.807, 2.05) is 31.4 Å². The highest BCUT2D eigenvalue weighted by atomic mass is 19.4. The molecule has 1 fully saturated rings. The molecule has 39 nitrogen and oxygen atoms in total. The molecule has 0 radical (unpaired) electrons. The Hall–Kier alpha value is -11.1. The summed E-state index contributed by atoms with van der Waals surface area (Å²) in [7, 11) is 0. The topological polar surface area (TPSA) is 645 Å². The minimum atomic E-state index is -5.08. The molecule has 2 aromatic carbocycles. The minimum Gasteiger partial charge on any atom is -0.475 e. The van der Waals surface area contributed by atoms with Crippen LogP contribution >= 0.6 is 0 Å². The van der Waals surface area contributed by atoms with Gasteiger partial charge in [0.05, 0.1) is 31.4 Å². The van der Waals surface area contributed by atoms with Crippen LogP contribution in [0.4, 0.5) is 31.1 Å². The van der Waals surface area contributed by atoms with Gasteiger partial charge in [-0.05, 0) is 86.2 Å². The number of cyclic esters (lactones) is 1. The van der Waals surface area contributed by atoms with Gasteiger partial charge in [0.25, 0.3) is 0 Å². The predicted molar refractivity (Wildman–Crippen MR) is 397 cm³/mol. The summed E-state index contributed by atoms with van der Waals surface area (Å²) in [5.74, 6) is -22.9. The number of nitrogens with two attached hydrogens (primary N) is 4. The van der Waals surface area contributed by atoms with Crippen molar-refractivity contribution in [1.29, 1.82) is 0 Å². The van der Waals surface area contributed by atoms with E-state index in [0.29, 0.717) is 0 Å². The maximum absolute atomic E-state index is 15.6. The van der Waals surface area contributed by atoms with Crippen molar-refractivity contribution < 1.29 is 138 Å². The number of alkyl halides is 6. The first kappa shape index (κ1) is 103. The van der Waals surface area contributed by atoms with E-state index in [9.17, 15) is 94.7 Å². The van der Waals surface area contributed by atoms with Gasteiger partial charge in [0.1, 0.15) is 54.9 Å². The van der Waals surface area contributed by atoms with E-state index in [4.69, 9.17) is 52.2 Å². The number of guanidine groups is 1. The summed E-state index contributed by atoms with van der Waals surface area (Å²) >= 11 is 0. The van der Waals surface area contributed by atoms with Crippen LogP contribution in [0.15, 0.2) is 65.7 Å². The third kappa shape index (κ3) is 38.4. The SMILES string of the molecule is CC[C@H](C)C1NC(=O)[C@@H](CCCN=C(N)N)NC(=O)[C@H](CC(C)C)NC(=O)[C@H]([C@H](O)C(C)C)NC(=O)[C@@H](NC(=O)[C@H](CCCCNC(=O)OCc2ccccc2)NC(=O)[C@H](N)CC(C)(C)C)[C@@H](c2ccccc2)OC(=O)[C@H](CO)NC(=O)[C@H]([C@H](O)C(N)=O)NC(=O)CNC(=O)[C@H]([C@H](C)O)NC1=O.O=C(O)C(F)(F)F.O=C(O)C(F)(F)F. The van der Waals surface area contributed by atoms with Crippen LogP contribution in [0.5, 0.6) is 0 Å². The quantitative estimate of drug-likeness (QED) is 0.0142. The van der Waals surface area contributed by atoms with Crippen molar-refractivity contribution >= 4 is 94.9 Å². The molecule has 1 heterocycles. The zero-order chi connectivity index (χ0) is 88.9. The molecule has 0 spiro atoms. The van der Waals surface area contributed by atoms with E-state index >= 15 is 14.4 Å². The number of carbonyl (C=O) groups is 15. The van der Waals surface area contributed by atoms with Crippen molar-refractivity contribution in [1.82, 2.24) is 58.5 Å². The van der Waals surface area contributed by atoms with Gasteiger partial charge in [0.2, 0.25) is 65.0 Å². The average molecular weight is 1670 g/mol. The zero-order valence-corrected chi connectivity index (χ0v) is 65.4. The van der Waals surface area contributed by atoms with Gasteiger partial charge in [-0.1, -0.05) is 129 Å². The second-order valence-electron chi connectivity index (χ2n) is 28.7. The van der Waals surface area contributed by atoms with E-state index in [-0.39, 0.29) is 82.6 Å². The fourth-order valence-corrected chi connectivity index (χ4v) is 10.4. The fraction of sp³-hybridized carbons (Fsp3) is 0.606. The number of amides is 12. The number of esters is 1. The van der Waals surface area contributed by atoms with Gasteiger partial charge >= 0.3 is 36.4 Å². The molecule has 0 saturated carbocycles. The maximum Gasteiger partial charge on any atom is 0.490 e. The van der Waals surface area contributed by atoms with Crippen LogP contribution in [0.3, 0.4) is 0 Å². The summed E-state index contributed by atoms with van der Waals surface area (Å²) in [6.07, 6.45) is -19.2. The Kier molecular flexibility index (Phi) is 44.1. The van der Waals surface area contributed by atoms with Crippen LogP contribution in [0.1, 0.15) is 138 Å².